The Bertz CT molecular complexity index is 926. The summed E-state index contributed by atoms with van der Waals surface area (Å²) >= 11 is 0. The van der Waals surface area contributed by atoms with E-state index in [1.807, 2.05) is 0 Å². The number of hydrogen-bond acceptors (Lipinski definition) is 0. The summed E-state index contributed by atoms with van der Waals surface area (Å²) in [6.07, 6.45) is 0. The molecule has 0 unspecified atom stereocenters. The van der Waals surface area contributed by atoms with Crippen molar-refractivity contribution in [2.75, 3.05) is 0 Å². The Morgan fingerprint density at radius 1 is 0.300 bits per heavy atom. The summed E-state index contributed by atoms with van der Waals surface area (Å²) in [7, 11) is -2.25. The fraction of sp³-hybridized carbons (Fsp3) is 0. The van der Waals surface area contributed by atoms with Gasteiger partial charge in [-0.05, 0) is 85.0 Å². The maximum absolute atomic E-state index is 13.6. The van der Waals surface area contributed by atoms with Crippen molar-refractivity contribution < 1.29 is 17.6 Å². The molecule has 4 aromatic carbocycles. The second kappa shape index (κ2) is 9.08. The smallest absolute Gasteiger partial charge is 0.123 e. The summed E-state index contributed by atoms with van der Waals surface area (Å²) < 4.78 is 54.5. The van der Waals surface area contributed by atoms with Gasteiger partial charge in [-0.3, -0.25) is 0 Å². The van der Waals surface area contributed by atoms with Gasteiger partial charge in [0.05, 0.1) is 0 Å². The van der Waals surface area contributed by atoms with Crippen molar-refractivity contribution in [2.24, 2.45) is 0 Å². The molecule has 0 N–H and O–H groups in total. The van der Waals surface area contributed by atoms with Gasteiger partial charge in [0, 0.05) is 0 Å². The van der Waals surface area contributed by atoms with Gasteiger partial charge in [0.25, 0.3) is 0 Å². The van der Waals surface area contributed by atoms with E-state index in [1.165, 1.54) is 48.5 Å². The van der Waals surface area contributed by atoms with E-state index in [0.717, 1.165) is 21.2 Å². The standard InChI is InChI=1S/C24H16F4P2/c25-17-1-9-21(10-2-17)29(22-11-3-18(26)4-12-22)30(23-13-5-19(27)6-14-23)24-15-7-20(28)8-16-24/h1-16H. The maximum Gasteiger partial charge on any atom is 0.123 e. The lowest BCUT2D eigenvalue weighted by molar-refractivity contribution is 0.627. The molecule has 30 heavy (non-hydrogen) atoms. The van der Waals surface area contributed by atoms with E-state index >= 15 is 0 Å². The minimum Gasteiger partial charge on any atom is -0.207 e. The summed E-state index contributed by atoms with van der Waals surface area (Å²) in [5.41, 5.74) is 0. The molecule has 0 amide bonds. The first-order valence-electron chi connectivity index (χ1n) is 9.14. The zero-order valence-corrected chi connectivity index (χ0v) is 17.4. The van der Waals surface area contributed by atoms with Crippen LogP contribution in [0.3, 0.4) is 0 Å². The monoisotopic (exact) mass is 442 g/mol. The van der Waals surface area contributed by atoms with E-state index in [1.54, 1.807) is 48.5 Å². The van der Waals surface area contributed by atoms with Crippen molar-refractivity contribution in [3.8, 4) is 0 Å². The van der Waals surface area contributed by atoms with Crippen LogP contribution < -0.4 is 21.2 Å². The molecular weight excluding hydrogens is 426 g/mol. The lowest BCUT2D eigenvalue weighted by atomic mass is 10.3. The van der Waals surface area contributed by atoms with Crippen LogP contribution in [0.2, 0.25) is 0 Å². The van der Waals surface area contributed by atoms with E-state index in [9.17, 15) is 17.6 Å². The summed E-state index contributed by atoms with van der Waals surface area (Å²) in [5, 5.41) is 3.60. The normalized spacial score (nSPS) is 11.3. The highest BCUT2D eigenvalue weighted by molar-refractivity contribution is 8.41. The number of halogens is 4. The summed E-state index contributed by atoms with van der Waals surface area (Å²) in [5.74, 6) is -1.39. The van der Waals surface area contributed by atoms with Gasteiger partial charge in [0.15, 0.2) is 0 Å². The Morgan fingerprint density at radius 3 is 0.633 bits per heavy atom. The molecule has 0 nitrogen and oxygen atoms in total. The molecule has 0 saturated carbocycles. The number of rotatable bonds is 5. The molecule has 0 spiro atoms. The minimum absolute atomic E-state index is 0.347. The molecule has 4 rings (SSSR count). The van der Waals surface area contributed by atoms with Gasteiger partial charge in [-0.25, -0.2) is 17.6 Å². The van der Waals surface area contributed by atoms with Gasteiger partial charge >= 0.3 is 0 Å². The molecule has 0 aliphatic heterocycles. The first kappa shape index (κ1) is 20.7. The van der Waals surface area contributed by atoms with Crippen LogP contribution in [0.1, 0.15) is 0 Å². The SMILES string of the molecule is Fc1ccc(P(c2ccc(F)cc2)P(c2ccc(F)cc2)c2ccc(F)cc2)cc1. The van der Waals surface area contributed by atoms with E-state index in [4.69, 9.17) is 0 Å². The van der Waals surface area contributed by atoms with Gasteiger partial charge in [0.2, 0.25) is 0 Å². The van der Waals surface area contributed by atoms with Crippen molar-refractivity contribution in [1.29, 1.82) is 0 Å². The van der Waals surface area contributed by atoms with Crippen molar-refractivity contribution in [3.05, 3.63) is 120 Å². The molecule has 4 aromatic rings. The molecule has 0 aromatic heterocycles. The molecule has 0 aliphatic rings. The third kappa shape index (κ3) is 4.61. The van der Waals surface area contributed by atoms with Crippen LogP contribution in [0.15, 0.2) is 97.1 Å². The highest BCUT2D eigenvalue weighted by Gasteiger charge is 2.28. The zero-order chi connectivity index (χ0) is 21.1. The topological polar surface area (TPSA) is 0 Å². The van der Waals surface area contributed by atoms with E-state index in [0.29, 0.717) is 0 Å². The highest BCUT2D eigenvalue weighted by atomic mass is 32.1. The van der Waals surface area contributed by atoms with Crippen LogP contribution in [0.25, 0.3) is 0 Å². The molecule has 0 saturated heterocycles. The van der Waals surface area contributed by atoms with Crippen LogP contribution in [-0.2, 0) is 0 Å². The molecule has 0 aliphatic carbocycles. The molecular formula is C24H16F4P2. The van der Waals surface area contributed by atoms with Crippen molar-refractivity contribution >= 4 is 36.4 Å². The van der Waals surface area contributed by atoms with Gasteiger partial charge < -0.3 is 0 Å². The molecule has 0 heterocycles. The third-order valence-corrected chi connectivity index (χ3v) is 12.0. The van der Waals surface area contributed by atoms with E-state index in [-0.39, 0.29) is 23.3 Å². The predicted octanol–water partition coefficient (Wildman–Crippen LogP) is 5.72. The number of hydrogen-bond donors (Lipinski definition) is 0. The van der Waals surface area contributed by atoms with Crippen molar-refractivity contribution in [2.45, 2.75) is 0 Å². The van der Waals surface area contributed by atoms with Gasteiger partial charge in [-0.2, -0.15) is 0 Å². The Morgan fingerprint density at radius 2 is 0.467 bits per heavy atom. The summed E-state index contributed by atoms with van der Waals surface area (Å²) in [6, 6.07) is 25.0. The first-order chi connectivity index (χ1) is 14.5. The summed E-state index contributed by atoms with van der Waals surface area (Å²) in [6.45, 7) is 0. The van der Waals surface area contributed by atoms with Gasteiger partial charge in [-0.15, -0.1) is 0 Å². The Balaban J connectivity index is 1.93. The summed E-state index contributed by atoms with van der Waals surface area (Å²) in [4.78, 5) is 0. The lowest BCUT2D eigenvalue weighted by Crippen LogP contribution is -2.20. The van der Waals surface area contributed by atoms with E-state index in [2.05, 4.69) is 0 Å². The first-order valence-corrected chi connectivity index (χ1v) is 12.5. The molecule has 0 bridgehead atoms. The molecule has 6 heteroatoms. The molecule has 0 fully saturated rings. The van der Waals surface area contributed by atoms with E-state index < -0.39 is 15.2 Å². The predicted molar refractivity (Wildman–Crippen MR) is 118 cm³/mol. The molecule has 0 atom stereocenters. The lowest BCUT2D eigenvalue weighted by Gasteiger charge is -2.30. The largest absolute Gasteiger partial charge is 0.207 e. The molecule has 150 valence electrons. The Labute approximate surface area is 174 Å². The highest BCUT2D eigenvalue weighted by Crippen LogP contribution is 2.65. The Hall–Kier alpha value is -2.54. The third-order valence-electron chi connectivity index (χ3n) is 4.48. The van der Waals surface area contributed by atoms with Crippen molar-refractivity contribution in [3.63, 3.8) is 0 Å². The minimum atomic E-state index is -1.12. The van der Waals surface area contributed by atoms with Crippen LogP contribution in [0.5, 0.6) is 0 Å². The average Bonchev–Trinajstić information content (AvgIpc) is 2.75. The van der Waals surface area contributed by atoms with Gasteiger partial charge in [-0.1, -0.05) is 48.5 Å². The Kier molecular flexibility index (Phi) is 6.27. The fourth-order valence-electron chi connectivity index (χ4n) is 3.09. The quantitative estimate of drug-likeness (QED) is 0.274. The molecule has 0 radical (unpaired) electrons. The number of benzene rings is 4. The second-order valence-corrected chi connectivity index (χ2v) is 12.2. The van der Waals surface area contributed by atoms with Crippen LogP contribution in [-0.4, -0.2) is 0 Å². The zero-order valence-electron chi connectivity index (χ0n) is 15.6. The maximum atomic E-state index is 13.6. The van der Waals surface area contributed by atoms with Crippen LogP contribution in [0, 0.1) is 23.3 Å². The second-order valence-electron chi connectivity index (χ2n) is 6.53. The average molecular weight is 442 g/mol. The van der Waals surface area contributed by atoms with Crippen LogP contribution >= 0.6 is 15.2 Å². The fourth-order valence-corrected chi connectivity index (χ4v) is 10.7. The van der Waals surface area contributed by atoms with Crippen LogP contribution in [0.4, 0.5) is 17.6 Å². The van der Waals surface area contributed by atoms with Gasteiger partial charge in [0.1, 0.15) is 23.3 Å². The van der Waals surface area contributed by atoms with Crippen molar-refractivity contribution in [1.82, 2.24) is 0 Å².